The SMILES string of the molecule is NCC1CCC(C(=O)N[C@@H](Cc2cccc(Cl)c2)c2ncc(-c3ccccc3)[nH]2)CC1. The van der Waals surface area contributed by atoms with Gasteiger partial charge in [-0.3, -0.25) is 4.79 Å². The van der Waals surface area contributed by atoms with E-state index in [4.69, 9.17) is 17.3 Å². The van der Waals surface area contributed by atoms with Crippen molar-refractivity contribution in [2.45, 2.75) is 38.1 Å². The maximum Gasteiger partial charge on any atom is 0.223 e. The second-order valence-corrected chi connectivity index (χ2v) is 8.83. The highest BCUT2D eigenvalue weighted by Gasteiger charge is 2.28. The number of amides is 1. The number of rotatable bonds is 7. The zero-order valence-corrected chi connectivity index (χ0v) is 18.3. The molecule has 0 spiro atoms. The van der Waals surface area contributed by atoms with Crippen molar-refractivity contribution in [2.75, 3.05) is 6.54 Å². The Morgan fingerprint density at radius 2 is 1.90 bits per heavy atom. The van der Waals surface area contributed by atoms with E-state index in [1.165, 1.54) is 0 Å². The Kier molecular flexibility index (Phi) is 7.05. The maximum atomic E-state index is 13.1. The predicted molar refractivity (Wildman–Crippen MR) is 125 cm³/mol. The van der Waals surface area contributed by atoms with Gasteiger partial charge in [0.2, 0.25) is 5.91 Å². The first kappa shape index (κ1) is 21.6. The van der Waals surface area contributed by atoms with E-state index >= 15 is 0 Å². The number of hydrogen-bond acceptors (Lipinski definition) is 3. The van der Waals surface area contributed by atoms with Crippen LogP contribution in [0.25, 0.3) is 11.3 Å². The average Bonchev–Trinajstić information content (AvgIpc) is 3.30. The number of benzene rings is 2. The van der Waals surface area contributed by atoms with E-state index in [0.717, 1.165) is 48.3 Å². The molecule has 1 heterocycles. The number of H-pyrrole nitrogens is 1. The van der Waals surface area contributed by atoms with E-state index < -0.39 is 0 Å². The summed E-state index contributed by atoms with van der Waals surface area (Å²) < 4.78 is 0. The number of aromatic amines is 1. The molecule has 1 aliphatic carbocycles. The molecular weight excluding hydrogens is 408 g/mol. The van der Waals surface area contributed by atoms with Crippen LogP contribution in [0.4, 0.5) is 0 Å². The molecule has 6 heteroatoms. The van der Waals surface area contributed by atoms with Crippen molar-refractivity contribution in [3.8, 4) is 11.3 Å². The molecule has 1 atom stereocenters. The summed E-state index contributed by atoms with van der Waals surface area (Å²) in [4.78, 5) is 21.1. The standard InChI is InChI=1S/C25H29ClN4O/c26-21-8-4-5-18(13-21)14-22(30-25(31)20-11-9-17(15-27)10-12-20)24-28-16-23(29-24)19-6-2-1-3-7-19/h1-8,13,16-17,20,22H,9-12,14-15,27H2,(H,28,29)(H,30,31)/t17?,20?,22-/m0/s1. The van der Waals surface area contributed by atoms with Crippen molar-refractivity contribution in [1.82, 2.24) is 15.3 Å². The zero-order chi connectivity index (χ0) is 21.6. The molecular formula is C25H29ClN4O. The Hall–Kier alpha value is -2.63. The van der Waals surface area contributed by atoms with Gasteiger partial charge in [0.25, 0.3) is 0 Å². The van der Waals surface area contributed by atoms with E-state index in [-0.39, 0.29) is 17.9 Å². The van der Waals surface area contributed by atoms with Crippen LogP contribution in [0.2, 0.25) is 5.02 Å². The van der Waals surface area contributed by atoms with Crippen molar-refractivity contribution in [2.24, 2.45) is 17.6 Å². The van der Waals surface area contributed by atoms with Crippen molar-refractivity contribution in [3.63, 3.8) is 0 Å². The summed E-state index contributed by atoms with van der Waals surface area (Å²) in [5.41, 5.74) is 8.86. The third kappa shape index (κ3) is 5.54. The number of carbonyl (C=O) groups excluding carboxylic acids is 1. The van der Waals surface area contributed by atoms with E-state index in [2.05, 4.69) is 15.3 Å². The van der Waals surface area contributed by atoms with Gasteiger partial charge in [0.1, 0.15) is 5.82 Å². The molecule has 0 unspecified atom stereocenters. The number of nitrogens with one attached hydrogen (secondary N) is 2. The number of imidazole rings is 1. The fourth-order valence-electron chi connectivity index (χ4n) is 4.34. The van der Waals surface area contributed by atoms with Crippen molar-refractivity contribution < 1.29 is 4.79 Å². The van der Waals surface area contributed by atoms with Gasteiger partial charge < -0.3 is 16.0 Å². The fourth-order valence-corrected chi connectivity index (χ4v) is 4.56. The minimum absolute atomic E-state index is 0.0354. The predicted octanol–water partition coefficient (Wildman–Crippen LogP) is 4.90. The molecule has 31 heavy (non-hydrogen) atoms. The van der Waals surface area contributed by atoms with Gasteiger partial charge in [-0.2, -0.15) is 0 Å². The van der Waals surface area contributed by atoms with Gasteiger partial charge >= 0.3 is 0 Å². The van der Waals surface area contributed by atoms with E-state index in [1.54, 1.807) is 0 Å². The Labute approximate surface area is 188 Å². The molecule has 0 radical (unpaired) electrons. The van der Waals surface area contributed by atoms with Gasteiger partial charge in [0.15, 0.2) is 0 Å². The second-order valence-electron chi connectivity index (χ2n) is 8.40. The lowest BCUT2D eigenvalue weighted by Crippen LogP contribution is -2.37. The van der Waals surface area contributed by atoms with Crippen LogP contribution in [0.15, 0.2) is 60.8 Å². The molecule has 0 bridgehead atoms. The van der Waals surface area contributed by atoms with Crippen molar-refractivity contribution in [1.29, 1.82) is 0 Å². The fraction of sp³-hybridized carbons (Fsp3) is 0.360. The summed E-state index contributed by atoms with van der Waals surface area (Å²) in [7, 11) is 0. The molecule has 1 amide bonds. The van der Waals surface area contributed by atoms with Crippen LogP contribution in [-0.2, 0) is 11.2 Å². The van der Waals surface area contributed by atoms with E-state index in [9.17, 15) is 4.79 Å². The van der Waals surface area contributed by atoms with Gasteiger partial charge in [-0.15, -0.1) is 0 Å². The van der Waals surface area contributed by atoms with Crippen LogP contribution >= 0.6 is 11.6 Å². The molecule has 1 aromatic heterocycles. The molecule has 0 aliphatic heterocycles. The summed E-state index contributed by atoms with van der Waals surface area (Å²) in [6.45, 7) is 0.709. The van der Waals surface area contributed by atoms with Crippen LogP contribution < -0.4 is 11.1 Å². The number of nitrogens with two attached hydrogens (primary N) is 1. The second kappa shape index (κ2) is 10.1. The van der Waals surface area contributed by atoms with Crippen molar-refractivity contribution in [3.05, 3.63) is 77.2 Å². The van der Waals surface area contributed by atoms with Crippen LogP contribution in [0.3, 0.4) is 0 Å². The van der Waals surface area contributed by atoms with Gasteiger partial charge in [-0.25, -0.2) is 4.98 Å². The smallest absolute Gasteiger partial charge is 0.223 e. The Morgan fingerprint density at radius 1 is 1.13 bits per heavy atom. The van der Waals surface area contributed by atoms with Gasteiger partial charge in [0.05, 0.1) is 17.9 Å². The van der Waals surface area contributed by atoms with Crippen LogP contribution in [0.1, 0.15) is 43.1 Å². The van der Waals surface area contributed by atoms with E-state index in [1.807, 2.05) is 60.8 Å². The number of nitrogens with zero attached hydrogens (tertiary/aromatic N) is 1. The first-order chi connectivity index (χ1) is 15.1. The minimum atomic E-state index is -0.254. The molecule has 0 saturated heterocycles. The number of halogens is 1. The molecule has 1 saturated carbocycles. The Morgan fingerprint density at radius 3 is 2.61 bits per heavy atom. The number of hydrogen-bond donors (Lipinski definition) is 3. The Bertz CT molecular complexity index is 996. The van der Waals surface area contributed by atoms with Crippen LogP contribution in [0.5, 0.6) is 0 Å². The third-order valence-electron chi connectivity index (χ3n) is 6.21. The molecule has 1 aliphatic rings. The number of carbonyl (C=O) groups is 1. The van der Waals surface area contributed by atoms with E-state index in [0.29, 0.717) is 23.9 Å². The highest BCUT2D eigenvalue weighted by molar-refractivity contribution is 6.30. The molecule has 162 valence electrons. The quantitative estimate of drug-likeness (QED) is 0.492. The monoisotopic (exact) mass is 436 g/mol. The average molecular weight is 437 g/mol. The van der Waals surface area contributed by atoms with Crippen molar-refractivity contribution >= 4 is 17.5 Å². The highest BCUT2D eigenvalue weighted by atomic mass is 35.5. The van der Waals surface area contributed by atoms with Gasteiger partial charge in [-0.1, -0.05) is 54.1 Å². The third-order valence-corrected chi connectivity index (χ3v) is 6.44. The van der Waals surface area contributed by atoms with Crippen LogP contribution in [-0.4, -0.2) is 22.4 Å². The Balaban J connectivity index is 1.53. The summed E-state index contributed by atoms with van der Waals surface area (Å²) >= 11 is 6.19. The number of aromatic nitrogens is 2. The lowest BCUT2D eigenvalue weighted by atomic mass is 9.81. The molecule has 2 aromatic carbocycles. The molecule has 3 aromatic rings. The van der Waals surface area contributed by atoms with Gasteiger partial charge in [-0.05, 0) is 67.8 Å². The normalized spacial score (nSPS) is 19.7. The molecule has 5 nitrogen and oxygen atoms in total. The zero-order valence-electron chi connectivity index (χ0n) is 17.6. The van der Waals surface area contributed by atoms with Crippen LogP contribution in [0, 0.1) is 11.8 Å². The molecule has 4 N–H and O–H groups in total. The first-order valence-electron chi connectivity index (χ1n) is 11.0. The summed E-state index contributed by atoms with van der Waals surface area (Å²) in [5, 5.41) is 3.95. The summed E-state index contributed by atoms with van der Waals surface area (Å²) in [5.74, 6) is 1.43. The molecule has 4 rings (SSSR count). The molecule has 1 fully saturated rings. The maximum absolute atomic E-state index is 13.1. The topological polar surface area (TPSA) is 83.8 Å². The summed E-state index contributed by atoms with van der Waals surface area (Å²) in [6, 6.07) is 17.6. The summed E-state index contributed by atoms with van der Waals surface area (Å²) in [6.07, 6.45) is 6.27. The minimum Gasteiger partial charge on any atom is -0.346 e. The lowest BCUT2D eigenvalue weighted by Gasteiger charge is -2.28. The highest BCUT2D eigenvalue weighted by Crippen LogP contribution is 2.29. The first-order valence-corrected chi connectivity index (χ1v) is 11.4. The largest absolute Gasteiger partial charge is 0.346 e. The van der Waals surface area contributed by atoms with Gasteiger partial charge in [0, 0.05) is 10.9 Å². The lowest BCUT2D eigenvalue weighted by molar-refractivity contribution is -0.127.